The third-order valence-corrected chi connectivity index (χ3v) is 4.26. The van der Waals surface area contributed by atoms with Crippen LogP contribution >= 0.6 is 11.8 Å². The zero-order valence-corrected chi connectivity index (χ0v) is 14.3. The van der Waals surface area contributed by atoms with E-state index in [1.54, 1.807) is 11.9 Å². The summed E-state index contributed by atoms with van der Waals surface area (Å²) in [4.78, 5) is 29.9. The fourth-order valence-corrected chi connectivity index (χ4v) is 3.22. The number of amides is 2. The molecular weight excluding hydrogens is 302 g/mol. The summed E-state index contributed by atoms with van der Waals surface area (Å²) in [6.45, 7) is 6.96. The van der Waals surface area contributed by atoms with Gasteiger partial charge in [0.2, 0.25) is 0 Å². The number of hydrogen-bond acceptors (Lipinski definition) is 5. The minimum Gasteiger partial charge on any atom is -0.444 e. The number of hydrogen-bond donors (Lipinski definition) is 1. The number of likely N-dealkylation sites (tertiary alicyclic amines) is 1. The number of allylic oxidation sites excluding steroid dienone is 1. The topological polar surface area (TPSA) is 71.0 Å². The number of thioether (sulfide) groups is 1. The molecular formula is C15H23N3O3S. The zero-order chi connectivity index (χ0) is 16.3. The lowest BCUT2D eigenvalue weighted by atomic mass is 9.96. The predicted molar refractivity (Wildman–Crippen MR) is 88.1 cm³/mol. The van der Waals surface area contributed by atoms with Crippen LogP contribution in [-0.2, 0) is 4.74 Å². The Hall–Kier alpha value is -1.50. The van der Waals surface area contributed by atoms with Gasteiger partial charge in [0.15, 0.2) is 0 Å². The molecule has 2 aliphatic heterocycles. The van der Waals surface area contributed by atoms with E-state index in [9.17, 15) is 9.59 Å². The van der Waals surface area contributed by atoms with Crippen LogP contribution in [0.2, 0.25) is 0 Å². The standard InChI is InChI=1S/C15H23N3O3S/c1-15(2,3)21-14(20)18-7-5-10(6-8-18)9-11-12(16-4)17-13(19)22-11/h9-10H,5-8H2,1-4H3,(H,16,17,19). The molecule has 0 bridgehead atoms. The summed E-state index contributed by atoms with van der Waals surface area (Å²) < 4.78 is 5.39. The van der Waals surface area contributed by atoms with Crippen molar-refractivity contribution in [2.24, 2.45) is 10.9 Å². The molecule has 122 valence electrons. The van der Waals surface area contributed by atoms with Gasteiger partial charge in [0.1, 0.15) is 11.4 Å². The van der Waals surface area contributed by atoms with Crippen molar-refractivity contribution in [2.75, 3.05) is 20.1 Å². The molecule has 2 amide bonds. The van der Waals surface area contributed by atoms with Crippen LogP contribution in [0.3, 0.4) is 0 Å². The number of aliphatic imine (C=N–C) groups is 1. The van der Waals surface area contributed by atoms with Crippen molar-refractivity contribution in [3.8, 4) is 0 Å². The first-order valence-corrected chi connectivity index (χ1v) is 8.28. The van der Waals surface area contributed by atoms with Crippen molar-refractivity contribution < 1.29 is 14.3 Å². The van der Waals surface area contributed by atoms with Crippen LogP contribution < -0.4 is 5.32 Å². The zero-order valence-electron chi connectivity index (χ0n) is 13.5. The Kier molecular flexibility index (Phi) is 5.16. The maximum absolute atomic E-state index is 12.0. The molecule has 0 aromatic carbocycles. The molecule has 0 spiro atoms. The third-order valence-electron chi connectivity index (χ3n) is 3.45. The molecule has 1 saturated heterocycles. The van der Waals surface area contributed by atoms with E-state index in [0.29, 0.717) is 24.8 Å². The Balaban J connectivity index is 1.89. The van der Waals surface area contributed by atoms with Gasteiger partial charge in [0, 0.05) is 20.1 Å². The van der Waals surface area contributed by atoms with Gasteiger partial charge in [0.05, 0.1) is 4.91 Å². The van der Waals surface area contributed by atoms with Gasteiger partial charge in [-0.15, -0.1) is 0 Å². The molecule has 7 heteroatoms. The highest BCUT2D eigenvalue weighted by Crippen LogP contribution is 2.30. The number of nitrogens with one attached hydrogen (secondary N) is 1. The monoisotopic (exact) mass is 325 g/mol. The van der Waals surface area contributed by atoms with Crippen molar-refractivity contribution in [2.45, 2.75) is 39.2 Å². The lowest BCUT2D eigenvalue weighted by Crippen LogP contribution is -2.41. The molecule has 2 rings (SSSR count). The number of likely N-dealkylation sites (N-methyl/N-ethyl adjacent to an activating group) is 1. The molecule has 0 aliphatic carbocycles. The van der Waals surface area contributed by atoms with Crippen LogP contribution in [0, 0.1) is 5.92 Å². The van der Waals surface area contributed by atoms with Crippen molar-refractivity contribution in [1.29, 1.82) is 0 Å². The van der Waals surface area contributed by atoms with Crippen molar-refractivity contribution in [1.82, 2.24) is 10.2 Å². The van der Waals surface area contributed by atoms with Crippen LogP contribution in [0.15, 0.2) is 16.0 Å². The van der Waals surface area contributed by atoms with Gasteiger partial charge >= 0.3 is 11.3 Å². The lowest BCUT2D eigenvalue weighted by molar-refractivity contribution is 0.0197. The van der Waals surface area contributed by atoms with Gasteiger partial charge in [-0.3, -0.25) is 4.79 Å². The summed E-state index contributed by atoms with van der Waals surface area (Å²) in [6, 6.07) is 0. The van der Waals surface area contributed by atoms with Crippen molar-refractivity contribution in [3.05, 3.63) is 11.0 Å². The van der Waals surface area contributed by atoms with Gasteiger partial charge in [-0.2, -0.15) is 4.99 Å². The van der Waals surface area contributed by atoms with E-state index in [0.717, 1.165) is 29.5 Å². The fraction of sp³-hybridized carbons (Fsp3) is 0.667. The van der Waals surface area contributed by atoms with E-state index < -0.39 is 5.60 Å². The maximum Gasteiger partial charge on any atom is 0.410 e. The third kappa shape index (κ3) is 4.50. The minimum atomic E-state index is -0.463. The van der Waals surface area contributed by atoms with Gasteiger partial charge in [-0.1, -0.05) is 6.08 Å². The highest BCUT2D eigenvalue weighted by Gasteiger charge is 2.28. The second kappa shape index (κ2) is 6.73. The molecule has 2 aliphatic rings. The average Bonchev–Trinajstić information content (AvgIpc) is 2.77. The van der Waals surface area contributed by atoms with E-state index in [2.05, 4.69) is 16.4 Å². The molecule has 22 heavy (non-hydrogen) atoms. The molecule has 0 aromatic heterocycles. The number of carbonyl (C=O) groups is 2. The summed E-state index contributed by atoms with van der Waals surface area (Å²) in [5.74, 6) is 0.996. The second-order valence-electron chi connectivity index (χ2n) is 6.41. The number of amidine groups is 1. The minimum absolute atomic E-state index is 0.179. The highest BCUT2D eigenvalue weighted by molar-refractivity contribution is 8.18. The molecule has 1 fully saturated rings. The van der Waals surface area contributed by atoms with Gasteiger partial charge < -0.3 is 15.0 Å². The van der Waals surface area contributed by atoms with Crippen LogP contribution in [0.25, 0.3) is 0 Å². The molecule has 2 heterocycles. The van der Waals surface area contributed by atoms with Gasteiger partial charge in [-0.25, -0.2) is 4.79 Å². The van der Waals surface area contributed by atoms with Crippen LogP contribution in [0.4, 0.5) is 9.59 Å². The molecule has 1 N–H and O–H groups in total. The molecule has 0 radical (unpaired) electrons. The summed E-state index contributed by atoms with van der Waals surface area (Å²) in [6.07, 6.45) is 3.59. The second-order valence-corrected chi connectivity index (χ2v) is 7.41. The predicted octanol–water partition coefficient (Wildman–Crippen LogP) is 3.00. The van der Waals surface area contributed by atoms with E-state index in [1.165, 1.54) is 0 Å². The Morgan fingerprint density at radius 3 is 2.59 bits per heavy atom. The number of piperidine rings is 1. The number of ether oxygens (including phenoxy) is 1. The van der Waals surface area contributed by atoms with E-state index in [1.807, 2.05) is 20.8 Å². The first-order chi connectivity index (χ1) is 10.3. The average molecular weight is 325 g/mol. The highest BCUT2D eigenvalue weighted by atomic mass is 32.2. The molecule has 0 unspecified atom stereocenters. The number of rotatable bonds is 1. The Morgan fingerprint density at radius 2 is 2.05 bits per heavy atom. The van der Waals surface area contributed by atoms with Crippen LogP contribution in [-0.4, -0.2) is 47.8 Å². The fourth-order valence-electron chi connectivity index (χ4n) is 2.39. The Morgan fingerprint density at radius 1 is 1.41 bits per heavy atom. The number of carbonyl (C=O) groups excluding carboxylic acids is 2. The molecule has 0 saturated carbocycles. The summed E-state index contributed by atoms with van der Waals surface area (Å²) in [5.41, 5.74) is -0.463. The normalized spacial score (nSPS) is 22.0. The Labute approximate surface area is 135 Å². The van der Waals surface area contributed by atoms with E-state index >= 15 is 0 Å². The molecule has 6 nitrogen and oxygen atoms in total. The van der Waals surface area contributed by atoms with Crippen molar-refractivity contribution in [3.63, 3.8) is 0 Å². The number of nitrogens with zero attached hydrogens (tertiary/aromatic N) is 2. The van der Waals surface area contributed by atoms with Crippen LogP contribution in [0.1, 0.15) is 33.6 Å². The van der Waals surface area contributed by atoms with E-state index in [-0.39, 0.29) is 11.3 Å². The van der Waals surface area contributed by atoms with Gasteiger partial charge in [-0.05, 0) is 51.3 Å². The smallest absolute Gasteiger partial charge is 0.410 e. The van der Waals surface area contributed by atoms with Crippen LogP contribution in [0.5, 0.6) is 0 Å². The maximum atomic E-state index is 12.0. The SMILES string of the molecule is CNC1=NC(=O)SC1=CC1CCN(C(=O)OC(C)(C)C)CC1. The summed E-state index contributed by atoms with van der Waals surface area (Å²) >= 11 is 1.16. The molecule has 0 aromatic rings. The lowest BCUT2D eigenvalue weighted by Gasteiger charge is -2.32. The first-order valence-electron chi connectivity index (χ1n) is 7.47. The van der Waals surface area contributed by atoms with E-state index in [4.69, 9.17) is 4.74 Å². The first kappa shape index (κ1) is 16.9. The Bertz CT molecular complexity index is 515. The summed E-state index contributed by atoms with van der Waals surface area (Å²) in [5, 5.41) is 2.76. The van der Waals surface area contributed by atoms with Crippen molar-refractivity contribution >= 4 is 28.9 Å². The molecule has 0 atom stereocenters. The largest absolute Gasteiger partial charge is 0.444 e. The van der Waals surface area contributed by atoms with Gasteiger partial charge in [0.25, 0.3) is 0 Å². The quantitative estimate of drug-likeness (QED) is 0.802. The summed E-state index contributed by atoms with van der Waals surface area (Å²) in [7, 11) is 1.76.